The molecule has 2 heterocycles. The van der Waals surface area contributed by atoms with E-state index in [1.165, 1.54) is 5.56 Å². The molecule has 5 heteroatoms. The average Bonchev–Trinajstić information content (AvgIpc) is 3.22. The zero-order valence-corrected chi connectivity index (χ0v) is 17.1. The van der Waals surface area contributed by atoms with E-state index in [0.29, 0.717) is 18.6 Å². The number of nitrogens with zero attached hydrogens (tertiary/aromatic N) is 2. The van der Waals surface area contributed by atoms with Gasteiger partial charge in [-0.2, -0.15) is 0 Å². The molecular formula is C22H29N3OS. The van der Waals surface area contributed by atoms with Gasteiger partial charge in [0.25, 0.3) is 0 Å². The summed E-state index contributed by atoms with van der Waals surface area (Å²) >= 11 is 1.61. The second-order valence-corrected chi connectivity index (χ2v) is 7.97. The number of rotatable bonds is 9. The van der Waals surface area contributed by atoms with Crippen molar-refractivity contribution < 1.29 is 4.79 Å². The number of hydrogen-bond acceptors (Lipinski definition) is 4. The highest BCUT2D eigenvalue weighted by Crippen LogP contribution is 2.29. The standard InChI is InChI=1S/C22H29N3OS/c1-3-24(4-2)12-6-13-25-20-10-8-17(15-18(20)9-11-22(25)26)16-19(23)21-7-5-14-27-21/h5,7-8,10,14-15,23H,3-4,6,9,11-13,16H2,1-2H3. The Bertz CT molecular complexity index is 781. The molecule has 0 bridgehead atoms. The molecule has 0 fully saturated rings. The van der Waals surface area contributed by atoms with Crippen molar-refractivity contribution in [3.63, 3.8) is 0 Å². The van der Waals surface area contributed by atoms with Crippen LogP contribution in [0.5, 0.6) is 0 Å². The zero-order chi connectivity index (χ0) is 19.2. The summed E-state index contributed by atoms with van der Waals surface area (Å²) in [5, 5.41) is 10.3. The van der Waals surface area contributed by atoms with Gasteiger partial charge in [0.15, 0.2) is 0 Å². The van der Waals surface area contributed by atoms with E-state index >= 15 is 0 Å². The molecule has 0 saturated carbocycles. The molecule has 1 aromatic carbocycles. The van der Waals surface area contributed by atoms with Crippen molar-refractivity contribution in [3.8, 4) is 0 Å². The van der Waals surface area contributed by atoms with Crippen LogP contribution >= 0.6 is 11.3 Å². The first-order valence-electron chi connectivity index (χ1n) is 9.88. The Morgan fingerprint density at radius 2 is 2.04 bits per heavy atom. The van der Waals surface area contributed by atoms with Crippen LogP contribution in [-0.2, 0) is 17.6 Å². The van der Waals surface area contributed by atoms with Crippen LogP contribution in [0, 0.1) is 5.41 Å². The molecule has 1 aromatic heterocycles. The Morgan fingerprint density at radius 3 is 2.74 bits per heavy atom. The van der Waals surface area contributed by atoms with Crippen LogP contribution in [0.15, 0.2) is 35.7 Å². The number of carbonyl (C=O) groups is 1. The van der Waals surface area contributed by atoms with Crippen LogP contribution in [0.4, 0.5) is 5.69 Å². The van der Waals surface area contributed by atoms with Crippen LogP contribution in [0.3, 0.4) is 0 Å². The molecule has 0 unspecified atom stereocenters. The summed E-state index contributed by atoms with van der Waals surface area (Å²) in [7, 11) is 0. The highest BCUT2D eigenvalue weighted by atomic mass is 32.1. The molecule has 0 radical (unpaired) electrons. The number of amides is 1. The number of benzene rings is 1. The molecule has 4 nitrogen and oxygen atoms in total. The summed E-state index contributed by atoms with van der Waals surface area (Å²) in [6.07, 6.45) is 3.03. The molecule has 0 aliphatic carbocycles. The number of anilines is 1. The Hall–Kier alpha value is -1.98. The van der Waals surface area contributed by atoms with Gasteiger partial charge < -0.3 is 15.2 Å². The Labute approximate surface area is 166 Å². The van der Waals surface area contributed by atoms with Gasteiger partial charge in [0, 0.05) is 30.0 Å². The molecule has 2 aromatic rings. The number of fused-ring (bicyclic) bond motifs is 1. The lowest BCUT2D eigenvalue weighted by Crippen LogP contribution is -2.37. The van der Waals surface area contributed by atoms with Gasteiger partial charge in [0.1, 0.15) is 0 Å². The summed E-state index contributed by atoms with van der Waals surface area (Å²) in [6.45, 7) is 8.29. The second kappa shape index (κ2) is 9.29. The number of hydrogen-bond donors (Lipinski definition) is 1. The maximum Gasteiger partial charge on any atom is 0.227 e. The fraction of sp³-hybridized carbons (Fsp3) is 0.455. The van der Waals surface area contributed by atoms with Crippen LogP contribution in [0.1, 0.15) is 42.7 Å². The van der Waals surface area contributed by atoms with E-state index in [2.05, 4.69) is 36.9 Å². The fourth-order valence-corrected chi connectivity index (χ4v) is 4.38. The molecule has 1 aliphatic heterocycles. The number of aryl methyl sites for hydroxylation is 1. The van der Waals surface area contributed by atoms with E-state index in [4.69, 9.17) is 5.41 Å². The minimum absolute atomic E-state index is 0.237. The smallest absolute Gasteiger partial charge is 0.227 e. The molecule has 0 atom stereocenters. The quantitative estimate of drug-likeness (QED) is 0.654. The largest absolute Gasteiger partial charge is 0.312 e. The van der Waals surface area contributed by atoms with Crippen molar-refractivity contribution in [1.29, 1.82) is 5.41 Å². The van der Waals surface area contributed by atoms with E-state index in [1.54, 1.807) is 11.3 Å². The van der Waals surface area contributed by atoms with E-state index < -0.39 is 0 Å². The van der Waals surface area contributed by atoms with Crippen LogP contribution in [0.2, 0.25) is 0 Å². The van der Waals surface area contributed by atoms with E-state index in [9.17, 15) is 4.79 Å². The second-order valence-electron chi connectivity index (χ2n) is 7.02. The molecule has 144 valence electrons. The van der Waals surface area contributed by atoms with Crippen molar-refractivity contribution in [2.45, 2.75) is 39.5 Å². The van der Waals surface area contributed by atoms with Gasteiger partial charge in [-0.1, -0.05) is 32.0 Å². The van der Waals surface area contributed by atoms with Gasteiger partial charge in [-0.05, 0) is 61.1 Å². The van der Waals surface area contributed by atoms with Crippen LogP contribution < -0.4 is 4.90 Å². The molecular weight excluding hydrogens is 354 g/mol. The minimum atomic E-state index is 0.237. The van der Waals surface area contributed by atoms with E-state index in [1.807, 2.05) is 22.4 Å². The lowest BCUT2D eigenvalue weighted by atomic mass is 9.96. The molecule has 3 rings (SSSR count). The predicted octanol–water partition coefficient (Wildman–Crippen LogP) is 4.37. The third kappa shape index (κ3) is 4.85. The van der Waals surface area contributed by atoms with Gasteiger partial charge >= 0.3 is 0 Å². The summed E-state index contributed by atoms with van der Waals surface area (Å²) in [4.78, 5) is 17.9. The van der Waals surface area contributed by atoms with Crippen molar-refractivity contribution in [3.05, 3.63) is 51.7 Å². The summed E-state index contributed by atoms with van der Waals surface area (Å²) < 4.78 is 0. The van der Waals surface area contributed by atoms with Gasteiger partial charge in [0.2, 0.25) is 5.91 Å². The molecule has 0 spiro atoms. The van der Waals surface area contributed by atoms with Crippen LogP contribution in [0.25, 0.3) is 0 Å². The summed E-state index contributed by atoms with van der Waals surface area (Å²) in [5.41, 5.74) is 4.13. The highest BCUT2D eigenvalue weighted by molar-refractivity contribution is 7.12. The molecule has 1 aliphatic rings. The third-order valence-electron chi connectivity index (χ3n) is 5.29. The first kappa shape index (κ1) is 19.8. The molecule has 0 saturated heterocycles. The highest BCUT2D eigenvalue weighted by Gasteiger charge is 2.24. The van der Waals surface area contributed by atoms with Gasteiger partial charge in [-0.25, -0.2) is 0 Å². The van der Waals surface area contributed by atoms with Crippen molar-refractivity contribution in [2.24, 2.45) is 0 Å². The first-order valence-corrected chi connectivity index (χ1v) is 10.8. The maximum atomic E-state index is 12.5. The molecule has 27 heavy (non-hydrogen) atoms. The third-order valence-corrected chi connectivity index (χ3v) is 6.22. The Kier molecular flexibility index (Phi) is 6.80. The predicted molar refractivity (Wildman–Crippen MR) is 114 cm³/mol. The monoisotopic (exact) mass is 383 g/mol. The van der Waals surface area contributed by atoms with Crippen molar-refractivity contribution >= 4 is 28.6 Å². The molecule has 1 amide bonds. The Balaban J connectivity index is 1.68. The van der Waals surface area contributed by atoms with Gasteiger partial charge in [-0.3, -0.25) is 4.79 Å². The number of carbonyl (C=O) groups excluding carboxylic acids is 1. The minimum Gasteiger partial charge on any atom is -0.312 e. The van der Waals surface area contributed by atoms with Crippen molar-refractivity contribution in [2.75, 3.05) is 31.1 Å². The maximum absolute atomic E-state index is 12.5. The first-order chi connectivity index (χ1) is 13.1. The zero-order valence-electron chi connectivity index (χ0n) is 16.3. The van der Waals surface area contributed by atoms with E-state index in [0.717, 1.165) is 55.1 Å². The average molecular weight is 384 g/mol. The molecule has 1 N–H and O–H groups in total. The number of nitrogens with one attached hydrogen (secondary N) is 1. The van der Waals surface area contributed by atoms with E-state index in [-0.39, 0.29) is 5.91 Å². The topological polar surface area (TPSA) is 47.4 Å². The van der Waals surface area contributed by atoms with Crippen LogP contribution in [-0.4, -0.2) is 42.7 Å². The van der Waals surface area contributed by atoms with Gasteiger partial charge in [-0.15, -0.1) is 11.3 Å². The summed E-state index contributed by atoms with van der Waals surface area (Å²) in [6, 6.07) is 10.4. The Morgan fingerprint density at radius 1 is 1.22 bits per heavy atom. The normalized spacial score (nSPS) is 13.9. The van der Waals surface area contributed by atoms with Crippen molar-refractivity contribution in [1.82, 2.24) is 4.90 Å². The lowest BCUT2D eigenvalue weighted by molar-refractivity contribution is -0.118. The summed E-state index contributed by atoms with van der Waals surface area (Å²) in [5.74, 6) is 0.237. The lowest BCUT2D eigenvalue weighted by Gasteiger charge is -2.30. The fourth-order valence-electron chi connectivity index (χ4n) is 3.70. The number of thiophene rings is 1. The SMILES string of the molecule is CCN(CC)CCCN1C(=O)CCc2cc(CC(=N)c3cccs3)ccc21. The van der Waals surface area contributed by atoms with Gasteiger partial charge in [0.05, 0.1) is 5.71 Å².